The van der Waals surface area contributed by atoms with Crippen LogP contribution in [0.5, 0.6) is 0 Å². The fraction of sp³-hybridized carbons (Fsp3) is 0.619. The first kappa shape index (κ1) is 21.2. The van der Waals surface area contributed by atoms with E-state index in [1.165, 1.54) is 12.0 Å². The number of fused-ring (bicyclic) bond motifs is 5. The van der Waals surface area contributed by atoms with Crippen LogP contribution in [0.4, 0.5) is 4.79 Å². The van der Waals surface area contributed by atoms with Crippen LogP contribution in [0.3, 0.4) is 0 Å². The van der Waals surface area contributed by atoms with Crippen LogP contribution in [0.25, 0.3) is 0 Å². The molecule has 3 aliphatic heterocycles. The molecule has 4 aliphatic rings. The Hall–Kier alpha value is -3.04. The van der Waals surface area contributed by atoms with Gasteiger partial charge in [0.2, 0.25) is 17.7 Å². The molecular weight excluding hydrogens is 406 g/mol. The summed E-state index contributed by atoms with van der Waals surface area (Å²) < 4.78 is 9.97. The summed E-state index contributed by atoms with van der Waals surface area (Å²) in [6.07, 6.45) is 0.427. The second kappa shape index (κ2) is 7.28. The quantitative estimate of drug-likeness (QED) is 0.481. The van der Waals surface area contributed by atoms with Crippen molar-refractivity contribution in [1.29, 1.82) is 0 Å². The second-order valence-electron chi connectivity index (χ2n) is 8.28. The molecule has 3 heterocycles. The summed E-state index contributed by atoms with van der Waals surface area (Å²) in [4.78, 5) is 70.2. The van der Waals surface area contributed by atoms with Crippen molar-refractivity contribution in [1.82, 2.24) is 9.80 Å². The molecule has 4 atom stereocenters. The van der Waals surface area contributed by atoms with Crippen LogP contribution in [-0.4, -0.2) is 71.2 Å². The lowest BCUT2D eigenvalue weighted by Crippen LogP contribution is -2.63. The van der Waals surface area contributed by atoms with Crippen LogP contribution in [0.15, 0.2) is 16.1 Å². The number of carbonyl (C=O) groups is 5. The minimum absolute atomic E-state index is 0.107. The lowest BCUT2D eigenvalue weighted by atomic mass is 9.59. The van der Waals surface area contributed by atoms with Gasteiger partial charge >= 0.3 is 12.1 Å². The fourth-order valence-corrected chi connectivity index (χ4v) is 5.64. The zero-order valence-corrected chi connectivity index (χ0v) is 18.0. The molecule has 3 fully saturated rings. The molecule has 0 aromatic rings. The topological polar surface area (TPSA) is 123 Å². The number of methoxy groups -OCH3 is 1. The summed E-state index contributed by atoms with van der Waals surface area (Å²) in [6, 6.07) is 0. The van der Waals surface area contributed by atoms with E-state index in [0.717, 1.165) is 10.5 Å². The number of cyclic esters (lactones) is 1. The summed E-state index contributed by atoms with van der Waals surface area (Å²) >= 11 is 0. The first-order valence-corrected chi connectivity index (χ1v) is 10.5. The number of hydrogen-bond donors (Lipinski definition) is 0. The average Bonchev–Trinajstić information content (AvgIpc) is 3.16. The van der Waals surface area contributed by atoms with Crippen molar-refractivity contribution in [3.05, 3.63) is 11.1 Å². The maximum absolute atomic E-state index is 13.3. The van der Waals surface area contributed by atoms with E-state index in [9.17, 15) is 24.0 Å². The van der Waals surface area contributed by atoms with Crippen molar-refractivity contribution < 1.29 is 33.4 Å². The monoisotopic (exact) mass is 431 g/mol. The molecule has 10 heteroatoms. The van der Waals surface area contributed by atoms with E-state index in [-0.39, 0.29) is 24.3 Å². The number of rotatable bonds is 4. The minimum Gasteiger partial charge on any atom is -0.468 e. The van der Waals surface area contributed by atoms with Crippen LogP contribution in [0, 0.1) is 17.8 Å². The van der Waals surface area contributed by atoms with E-state index in [1.54, 1.807) is 13.8 Å². The molecule has 0 bridgehead atoms. The lowest BCUT2D eigenvalue weighted by Gasteiger charge is -2.48. The molecule has 166 valence electrons. The number of likely N-dealkylation sites (tertiary alicyclic amines) is 1. The van der Waals surface area contributed by atoms with E-state index in [1.807, 2.05) is 6.92 Å². The Kier molecular flexibility index (Phi) is 4.98. The molecule has 0 aromatic carbocycles. The van der Waals surface area contributed by atoms with Gasteiger partial charge in [0.15, 0.2) is 0 Å². The number of nitrogens with zero attached hydrogens (tertiary/aromatic N) is 3. The molecule has 0 N–H and O–H groups in total. The predicted octanol–water partition coefficient (Wildman–Crippen LogP) is 1.05. The highest BCUT2D eigenvalue weighted by Gasteiger charge is 2.68. The molecule has 0 aromatic heterocycles. The van der Waals surface area contributed by atoms with Crippen molar-refractivity contribution in [3.63, 3.8) is 0 Å². The van der Waals surface area contributed by atoms with Crippen molar-refractivity contribution in [2.75, 3.05) is 20.2 Å². The molecule has 0 spiro atoms. The molecule has 31 heavy (non-hydrogen) atoms. The highest BCUT2D eigenvalue weighted by molar-refractivity contribution is 6.17. The maximum Gasteiger partial charge on any atom is 0.424 e. The zero-order valence-electron chi connectivity index (χ0n) is 18.0. The van der Waals surface area contributed by atoms with Crippen LogP contribution < -0.4 is 0 Å². The molecular formula is C21H25N3O7. The summed E-state index contributed by atoms with van der Waals surface area (Å²) in [7, 11) is 1.21. The van der Waals surface area contributed by atoms with E-state index in [2.05, 4.69) is 9.73 Å². The van der Waals surface area contributed by atoms with Gasteiger partial charge in [0.1, 0.15) is 12.1 Å². The molecule has 1 aliphatic carbocycles. The number of ether oxygens (including phenoxy) is 2. The van der Waals surface area contributed by atoms with Gasteiger partial charge in [0.25, 0.3) is 5.91 Å². The Bertz CT molecular complexity index is 968. The highest BCUT2D eigenvalue weighted by atomic mass is 16.6. The van der Waals surface area contributed by atoms with Gasteiger partial charge in [-0.2, -0.15) is 0 Å². The standard InChI is InChI=1S/C21H25N3O7/c1-5-10-11-7-8-12-14(18(28)23(6-2)16(12)26)15(11)21(3)19(22-9-13(25)30-4)31-20(29)24(21)17(10)27/h12,14-15H,5-9H2,1-4H3/t12-,14-,15+,21+/m1/s1. The van der Waals surface area contributed by atoms with Gasteiger partial charge in [-0.15, -0.1) is 0 Å². The maximum atomic E-state index is 13.3. The normalized spacial score (nSPS) is 33.5. The van der Waals surface area contributed by atoms with Crippen molar-refractivity contribution >= 4 is 35.7 Å². The van der Waals surface area contributed by atoms with Gasteiger partial charge in [-0.25, -0.2) is 14.7 Å². The number of carbonyl (C=O) groups excluding carboxylic acids is 5. The first-order chi connectivity index (χ1) is 14.7. The summed E-state index contributed by atoms with van der Waals surface area (Å²) in [5, 5.41) is 0. The third-order valence-electron chi connectivity index (χ3n) is 6.99. The van der Waals surface area contributed by atoms with Crippen molar-refractivity contribution in [3.8, 4) is 0 Å². The zero-order chi connectivity index (χ0) is 22.7. The van der Waals surface area contributed by atoms with Crippen LogP contribution in [-0.2, 0) is 28.7 Å². The summed E-state index contributed by atoms with van der Waals surface area (Å²) in [5.41, 5.74) is -0.155. The number of aliphatic imine (C=N–C) groups is 1. The molecule has 2 saturated heterocycles. The fourth-order valence-electron chi connectivity index (χ4n) is 5.64. The number of amides is 4. The predicted molar refractivity (Wildman–Crippen MR) is 105 cm³/mol. The number of imide groups is 2. The van der Waals surface area contributed by atoms with E-state index >= 15 is 0 Å². The van der Waals surface area contributed by atoms with Crippen LogP contribution in [0.1, 0.15) is 40.0 Å². The molecule has 0 unspecified atom stereocenters. The van der Waals surface area contributed by atoms with Gasteiger partial charge in [0, 0.05) is 18.0 Å². The molecule has 4 rings (SSSR count). The summed E-state index contributed by atoms with van der Waals surface area (Å²) in [5.74, 6) is -3.65. The first-order valence-electron chi connectivity index (χ1n) is 10.5. The Balaban J connectivity index is 1.91. The number of esters is 1. The van der Waals surface area contributed by atoms with Gasteiger partial charge in [-0.05, 0) is 33.1 Å². The van der Waals surface area contributed by atoms with Crippen LogP contribution >= 0.6 is 0 Å². The summed E-state index contributed by atoms with van der Waals surface area (Å²) in [6.45, 7) is 5.04. The van der Waals surface area contributed by atoms with E-state index < -0.39 is 47.8 Å². The smallest absolute Gasteiger partial charge is 0.424 e. The van der Waals surface area contributed by atoms with Gasteiger partial charge in [-0.3, -0.25) is 24.1 Å². The number of hydrogen-bond acceptors (Lipinski definition) is 8. The van der Waals surface area contributed by atoms with Crippen molar-refractivity contribution in [2.24, 2.45) is 22.7 Å². The Morgan fingerprint density at radius 2 is 1.94 bits per heavy atom. The largest absolute Gasteiger partial charge is 0.468 e. The Labute approximate surface area is 179 Å². The third kappa shape index (κ3) is 2.69. The van der Waals surface area contributed by atoms with Gasteiger partial charge in [-0.1, -0.05) is 12.5 Å². The van der Waals surface area contributed by atoms with Crippen LogP contribution in [0.2, 0.25) is 0 Å². The Morgan fingerprint density at radius 3 is 2.55 bits per heavy atom. The Morgan fingerprint density at radius 1 is 1.23 bits per heavy atom. The van der Waals surface area contributed by atoms with Gasteiger partial charge in [0.05, 0.1) is 18.9 Å². The highest BCUT2D eigenvalue weighted by Crippen LogP contribution is 2.55. The molecule has 1 saturated carbocycles. The molecule has 0 radical (unpaired) electrons. The second-order valence-corrected chi connectivity index (χ2v) is 8.28. The lowest BCUT2D eigenvalue weighted by molar-refractivity contribution is -0.141. The third-order valence-corrected chi connectivity index (χ3v) is 6.99. The van der Waals surface area contributed by atoms with Crippen molar-refractivity contribution in [2.45, 2.75) is 45.6 Å². The van der Waals surface area contributed by atoms with E-state index in [0.29, 0.717) is 24.8 Å². The molecule has 10 nitrogen and oxygen atoms in total. The molecule has 4 amide bonds. The van der Waals surface area contributed by atoms with E-state index in [4.69, 9.17) is 4.74 Å². The average molecular weight is 431 g/mol. The van der Waals surface area contributed by atoms with Gasteiger partial charge < -0.3 is 9.47 Å². The SMILES string of the molecule is CCC1=C2CC[C@H]3C(=O)N(CC)C(=O)[C@H]3[C@H]2[C@@]2(C)C(=NCC(=O)OC)OC(=O)N2C1=O. The minimum atomic E-state index is -1.40.